The fraction of sp³-hybridized carbons (Fsp3) is 0.381. The molecule has 0 bridgehead atoms. The summed E-state index contributed by atoms with van der Waals surface area (Å²) in [6, 6.07) is 15.2. The summed E-state index contributed by atoms with van der Waals surface area (Å²) < 4.78 is 5.79. The second kappa shape index (κ2) is 10.2. The van der Waals surface area contributed by atoms with E-state index in [-0.39, 0.29) is 5.91 Å². The van der Waals surface area contributed by atoms with Crippen molar-refractivity contribution in [2.45, 2.75) is 20.8 Å². The zero-order chi connectivity index (χ0) is 18.9. The summed E-state index contributed by atoms with van der Waals surface area (Å²) in [4.78, 5) is 16.9. The van der Waals surface area contributed by atoms with E-state index in [1.54, 1.807) is 12.1 Å². The molecule has 0 saturated carbocycles. The van der Waals surface area contributed by atoms with Crippen molar-refractivity contribution in [3.8, 4) is 5.75 Å². The van der Waals surface area contributed by atoms with Gasteiger partial charge in [0.1, 0.15) is 12.4 Å². The zero-order valence-corrected chi connectivity index (χ0v) is 16.5. The van der Waals surface area contributed by atoms with E-state index >= 15 is 0 Å². The molecule has 2 aromatic carbocycles. The van der Waals surface area contributed by atoms with Gasteiger partial charge in [0, 0.05) is 10.7 Å². The lowest BCUT2D eigenvalue weighted by Crippen LogP contribution is -2.42. The maximum absolute atomic E-state index is 12.9. The summed E-state index contributed by atoms with van der Waals surface area (Å²) in [5, 5.41) is 0.674. The first-order valence-electron chi connectivity index (χ1n) is 9.01. The van der Waals surface area contributed by atoms with Crippen molar-refractivity contribution in [1.82, 2.24) is 4.90 Å². The molecule has 2 aromatic rings. The van der Waals surface area contributed by atoms with Crippen LogP contribution in [0.2, 0.25) is 5.02 Å². The Kier molecular flexibility index (Phi) is 7.95. The molecular weight excluding hydrogens is 348 g/mol. The quantitative estimate of drug-likeness (QED) is 0.652. The van der Waals surface area contributed by atoms with Crippen molar-refractivity contribution in [2.24, 2.45) is 0 Å². The van der Waals surface area contributed by atoms with Gasteiger partial charge in [0.2, 0.25) is 5.91 Å². The van der Waals surface area contributed by atoms with Crippen LogP contribution in [0.4, 0.5) is 5.69 Å². The average molecular weight is 375 g/mol. The molecule has 0 aliphatic heterocycles. The van der Waals surface area contributed by atoms with Crippen LogP contribution >= 0.6 is 11.6 Å². The number of anilines is 1. The van der Waals surface area contributed by atoms with Crippen LogP contribution in [0.1, 0.15) is 19.4 Å². The number of ether oxygens (including phenoxy) is 1. The zero-order valence-electron chi connectivity index (χ0n) is 15.7. The van der Waals surface area contributed by atoms with Gasteiger partial charge >= 0.3 is 0 Å². The lowest BCUT2D eigenvalue weighted by Gasteiger charge is -2.27. The molecule has 0 aliphatic rings. The largest absolute Gasteiger partial charge is 0.492 e. The second-order valence-electron chi connectivity index (χ2n) is 6.10. The smallest absolute Gasteiger partial charge is 0.241 e. The standard InChI is InChI=1S/C21H27ClN2O2/c1-4-23(5-2)16-21(25)24(20-9-7-6-8-17(20)3)14-15-26-19-12-10-18(22)11-13-19/h6-13H,4-5,14-16H2,1-3H3. The van der Waals surface area contributed by atoms with E-state index in [9.17, 15) is 4.79 Å². The monoisotopic (exact) mass is 374 g/mol. The van der Waals surface area contributed by atoms with Gasteiger partial charge in [-0.15, -0.1) is 0 Å². The number of likely N-dealkylation sites (N-methyl/N-ethyl adjacent to an activating group) is 1. The normalized spacial score (nSPS) is 10.8. The first-order chi connectivity index (χ1) is 12.5. The Morgan fingerprint density at radius 1 is 1.04 bits per heavy atom. The second-order valence-corrected chi connectivity index (χ2v) is 6.53. The minimum Gasteiger partial charge on any atom is -0.492 e. The number of rotatable bonds is 9. The summed E-state index contributed by atoms with van der Waals surface area (Å²) in [6.45, 7) is 9.18. The molecule has 26 heavy (non-hydrogen) atoms. The maximum atomic E-state index is 12.9. The highest BCUT2D eigenvalue weighted by molar-refractivity contribution is 6.30. The predicted molar refractivity (Wildman–Crippen MR) is 108 cm³/mol. The maximum Gasteiger partial charge on any atom is 0.241 e. The van der Waals surface area contributed by atoms with E-state index in [2.05, 4.69) is 18.7 Å². The molecule has 140 valence electrons. The number of amides is 1. The van der Waals surface area contributed by atoms with Gasteiger partial charge < -0.3 is 9.64 Å². The van der Waals surface area contributed by atoms with Gasteiger partial charge in [0.05, 0.1) is 13.1 Å². The van der Waals surface area contributed by atoms with Crippen molar-refractivity contribution < 1.29 is 9.53 Å². The molecular formula is C21H27ClN2O2. The summed E-state index contributed by atoms with van der Waals surface area (Å²) in [7, 11) is 0. The fourth-order valence-electron chi connectivity index (χ4n) is 2.76. The number of hydrogen-bond donors (Lipinski definition) is 0. The summed E-state index contributed by atoms with van der Waals surface area (Å²) in [5.41, 5.74) is 2.01. The number of para-hydroxylation sites is 1. The van der Waals surface area contributed by atoms with Crippen molar-refractivity contribution in [2.75, 3.05) is 37.7 Å². The van der Waals surface area contributed by atoms with Crippen LogP contribution in [-0.2, 0) is 4.79 Å². The molecule has 0 atom stereocenters. The van der Waals surface area contributed by atoms with E-state index < -0.39 is 0 Å². The fourth-order valence-corrected chi connectivity index (χ4v) is 2.88. The van der Waals surface area contributed by atoms with Crippen molar-refractivity contribution >= 4 is 23.2 Å². The predicted octanol–water partition coefficient (Wildman–Crippen LogP) is 4.40. The number of aryl methyl sites for hydroxylation is 1. The Morgan fingerprint density at radius 2 is 1.69 bits per heavy atom. The minimum absolute atomic E-state index is 0.0858. The number of carbonyl (C=O) groups is 1. The molecule has 0 N–H and O–H groups in total. The molecule has 5 heteroatoms. The first-order valence-corrected chi connectivity index (χ1v) is 9.39. The van der Waals surface area contributed by atoms with Crippen molar-refractivity contribution in [3.63, 3.8) is 0 Å². The van der Waals surface area contributed by atoms with E-state index in [0.29, 0.717) is 24.7 Å². The van der Waals surface area contributed by atoms with Crippen LogP contribution in [0.15, 0.2) is 48.5 Å². The average Bonchev–Trinajstić information content (AvgIpc) is 2.65. The number of nitrogens with zero attached hydrogens (tertiary/aromatic N) is 2. The van der Waals surface area contributed by atoms with Gasteiger partial charge in [-0.05, 0) is 55.9 Å². The molecule has 1 amide bonds. The van der Waals surface area contributed by atoms with E-state index in [1.807, 2.05) is 48.2 Å². The van der Waals surface area contributed by atoms with E-state index in [1.165, 1.54) is 0 Å². The van der Waals surface area contributed by atoms with Crippen LogP contribution in [0, 0.1) is 6.92 Å². The Morgan fingerprint density at radius 3 is 2.31 bits per heavy atom. The van der Waals surface area contributed by atoms with Crippen LogP contribution < -0.4 is 9.64 Å². The molecule has 0 unspecified atom stereocenters. The van der Waals surface area contributed by atoms with Gasteiger partial charge in [-0.1, -0.05) is 43.6 Å². The topological polar surface area (TPSA) is 32.8 Å². The molecule has 0 fully saturated rings. The summed E-state index contributed by atoms with van der Waals surface area (Å²) in [5.74, 6) is 0.832. The Hall–Kier alpha value is -2.04. The SMILES string of the molecule is CCN(CC)CC(=O)N(CCOc1ccc(Cl)cc1)c1ccccc1C. The molecule has 0 heterocycles. The lowest BCUT2D eigenvalue weighted by atomic mass is 10.1. The van der Waals surface area contributed by atoms with Gasteiger partial charge in [-0.3, -0.25) is 9.69 Å². The van der Waals surface area contributed by atoms with Gasteiger partial charge in [0.15, 0.2) is 0 Å². The highest BCUT2D eigenvalue weighted by atomic mass is 35.5. The lowest BCUT2D eigenvalue weighted by molar-refractivity contribution is -0.119. The number of benzene rings is 2. The third kappa shape index (κ3) is 5.75. The van der Waals surface area contributed by atoms with Gasteiger partial charge in [-0.2, -0.15) is 0 Å². The van der Waals surface area contributed by atoms with Crippen LogP contribution in [0.3, 0.4) is 0 Å². The Labute approximate surface area is 161 Å². The molecule has 0 aromatic heterocycles. The number of hydrogen-bond acceptors (Lipinski definition) is 3. The molecule has 0 aliphatic carbocycles. The van der Waals surface area contributed by atoms with Gasteiger partial charge in [0.25, 0.3) is 0 Å². The molecule has 2 rings (SSSR count). The highest BCUT2D eigenvalue weighted by Gasteiger charge is 2.19. The Balaban J connectivity index is 2.08. The van der Waals surface area contributed by atoms with E-state index in [4.69, 9.17) is 16.3 Å². The van der Waals surface area contributed by atoms with Gasteiger partial charge in [-0.25, -0.2) is 0 Å². The molecule has 0 saturated heterocycles. The first kappa shape index (κ1) is 20.3. The summed E-state index contributed by atoms with van der Waals surface area (Å²) in [6.07, 6.45) is 0. The van der Waals surface area contributed by atoms with E-state index in [0.717, 1.165) is 30.1 Å². The molecule has 0 spiro atoms. The number of halogens is 1. The van der Waals surface area contributed by atoms with Crippen LogP contribution in [-0.4, -0.2) is 43.6 Å². The Bertz CT molecular complexity index is 699. The highest BCUT2D eigenvalue weighted by Crippen LogP contribution is 2.20. The minimum atomic E-state index is 0.0858. The van der Waals surface area contributed by atoms with Crippen molar-refractivity contribution in [1.29, 1.82) is 0 Å². The number of carbonyl (C=O) groups excluding carboxylic acids is 1. The third-order valence-corrected chi connectivity index (χ3v) is 4.61. The molecule has 0 radical (unpaired) electrons. The summed E-state index contributed by atoms with van der Waals surface area (Å²) >= 11 is 5.90. The van der Waals surface area contributed by atoms with Crippen LogP contribution in [0.5, 0.6) is 5.75 Å². The van der Waals surface area contributed by atoms with Crippen molar-refractivity contribution in [3.05, 3.63) is 59.1 Å². The molecule has 4 nitrogen and oxygen atoms in total. The third-order valence-electron chi connectivity index (χ3n) is 4.36. The van der Waals surface area contributed by atoms with Crippen LogP contribution in [0.25, 0.3) is 0 Å².